The van der Waals surface area contributed by atoms with Crippen LogP contribution < -0.4 is 10.9 Å². The molecule has 2 aromatic rings. The van der Waals surface area contributed by atoms with E-state index in [9.17, 15) is 22.4 Å². The molecule has 3 rings (SSSR count). The molecule has 1 fully saturated rings. The van der Waals surface area contributed by atoms with Crippen LogP contribution in [-0.4, -0.2) is 11.7 Å². The lowest BCUT2D eigenvalue weighted by molar-refractivity contribution is -0.137. The molecule has 1 aromatic carbocycles. The van der Waals surface area contributed by atoms with Crippen molar-refractivity contribution in [3.05, 3.63) is 57.3 Å². The number of benzene rings is 1. The minimum absolute atomic E-state index is 0.0955. The topological polar surface area (TPSA) is 58.0 Å². The molecular formula is C15H14F4N2O2. The molecule has 1 aliphatic rings. The van der Waals surface area contributed by atoms with Crippen LogP contribution in [0.15, 0.2) is 33.6 Å². The van der Waals surface area contributed by atoms with Crippen LogP contribution in [0.5, 0.6) is 0 Å². The molecule has 1 aromatic heterocycles. The number of aromatic nitrogens is 1. The lowest BCUT2D eigenvalue weighted by Gasteiger charge is -2.29. The van der Waals surface area contributed by atoms with E-state index in [1.807, 2.05) is 0 Å². The molecule has 4 nitrogen and oxygen atoms in total. The second-order valence-electron chi connectivity index (χ2n) is 5.58. The number of rotatable bonds is 2. The molecule has 0 spiro atoms. The third-order valence-corrected chi connectivity index (χ3v) is 4.05. The average molecular weight is 330 g/mol. The second kappa shape index (κ2) is 5.84. The van der Waals surface area contributed by atoms with Crippen molar-refractivity contribution in [2.45, 2.75) is 31.0 Å². The summed E-state index contributed by atoms with van der Waals surface area (Å²) in [5, 5.41) is 5.30. The Labute approximate surface area is 128 Å². The number of hydrogen-bond acceptors (Lipinski definition) is 3. The van der Waals surface area contributed by atoms with Crippen LogP contribution in [0.4, 0.5) is 17.6 Å². The predicted molar refractivity (Wildman–Crippen MR) is 73.4 cm³/mol. The van der Waals surface area contributed by atoms with Crippen molar-refractivity contribution in [2.24, 2.45) is 0 Å². The second-order valence-corrected chi connectivity index (χ2v) is 5.58. The third kappa shape index (κ3) is 3.31. The molecule has 1 saturated heterocycles. The summed E-state index contributed by atoms with van der Waals surface area (Å²) in [6.45, 7) is 0.546. The SMILES string of the molecule is O=c1cc([C@@H]2CCN[C@@H](c3ccc(C(F)(F)F)cc3F)C2)o[nH]1. The van der Waals surface area contributed by atoms with Gasteiger partial charge in [-0.1, -0.05) is 6.07 Å². The van der Waals surface area contributed by atoms with Gasteiger partial charge in [0.2, 0.25) is 0 Å². The van der Waals surface area contributed by atoms with Gasteiger partial charge in [-0.25, -0.2) is 4.39 Å². The highest BCUT2D eigenvalue weighted by Crippen LogP contribution is 2.36. The summed E-state index contributed by atoms with van der Waals surface area (Å²) in [6, 6.07) is 3.45. The van der Waals surface area contributed by atoms with E-state index in [1.165, 1.54) is 6.07 Å². The molecule has 2 heterocycles. The molecule has 0 saturated carbocycles. The Balaban J connectivity index is 1.82. The maximum Gasteiger partial charge on any atom is 0.416 e. The minimum atomic E-state index is -4.57. The Kier molecular flexibility index (Phi) is 4.01. The van der Waals surface area contributed by atoms with Crippen LogP contribution in [0, 0.1) is 5.82 Å². The highest BCUT2D eigenvalue weighted by molar-refractivity contribution is 5.29. The average Bonchev–Trinajstić information content (AvgIpc) is 2.93. The largest absolute Gasteiger partial charge is 0.416 e. The fraction of sp³-hybridized carbons (Fsp3) is 0.400. The number of nitrogens with one attached hydrogen (secondary N) is 2. The van der Waals surface area contributed by atoms with Gasteiger partial charge in [-0.15, -0.1) is 0 Å². The normalized spacial score (nSPS) is 22.3. The first-order chi connectivity index (χ1) is 10.8. The number of H-pyrrole nitrogens is 1. The van der Waals surface area contributed by atoms with Gasteiger partial charge in [-0.2, -0.15) is 18.3 Å². The van der Waals surface area contributed by atoms with Gasteiger partial charge < -0.3 is 9.84 Å². The van der Waals surface area contributed by atoms with Crippen LogP contribution in [0.3, 0.4) is 0 Å². The molecule has 0 unspecified atom stereocenters. The quantitative estimate of drug-likeness (QED) is 0.831. The van der Waals surface area contributed by atoms with Crippen LogP contribution in [-0.2, 0) is 6.18 Å². The monoisotopic (exact) mass is 330 g/mol. The molecule has 0 bridgehead atoms. The molecule has 0 aliphatic carbocycles. The first kappa shape index (κ1) is 15.8. The third-order valence-electron chi connectivity index (χ3n) is 4.05. The van der Waals surface area contributed by atoms with Gasteiger partial charge in [0.05, 0.1) is 5.56 Å². The van der Waals surface area contributed by atoms with E-state index in [2.05, 4.69) is 10.5 Å². The van der Waals surface area contributed by atoms with Crippen molar-refractivity contribution < 1.29 is 22.1 Å². The fourth-order valence-corrected chi connectivity index (χ4v) is 2.90. The predicted octanol–water partition coefficient (Wildman–Crippen LogP) is 3.33. The maximum absolute atomic E-state index is 14.1. The van der Waals surface area contributed by atoms with E-state index >= 15 is 0 Å². The Morgan fingerprint density at radius 3 is 2.61 bits per heavy atom. The lowest BCUT2D eigenvalue weighted by atomic mass is 9.87. The summed E-state index contributed by atoms with van der Waals surface area (Å²) >= 11 is 0. The first-order valence-corrected chi connectivity index (χ1v) is 7.13. The van der Waals surface area contributed by atoms with Crippen molar-refractivity contribution in [1.82, 2.24) is 10.5 Å². The van der Waals surface area contributed by atoms with E-state index < -0.39 is 23.6 Å². The fourth-order valence-electron chi connectivity index (χ4n) is 2.90. The van der Waals surface area contributed by atoms with Gasteiger partial charge >= 0.3 is 6.18 Å². The zero-order chi connectivity index (χ0) is 16.6. The van der Waals surface area contributed by atoms with E-state index in [1.54, 1.807) is 0 Å². The van der Waals surface area contributed by atoms with Crippen molar-refractivity contribution in [1.29, 1.82) is 0 Å². The Hall–Kier alpha value is -2.09. The molecule has 8 heteroatoms. The Morgan fingerprint density at radius 2 is 2.00 bits per heavy atom. The van der Waals surface area contributed by atoms with Gasteiger partial charge in [0.25, 0.3) is 5.56 Å². The first-order valence-electron chi connectivity index (χ1n) is 7.13. The van der Waals surface area contributed by atoms with Crippen LogP contribution in [0.25, 0.3) is 0 Å². The molecule has 23 heavy (non-hydrogen) atoms. The van der Waals surface area contributed by atoms with Gasteiger partial charge in [0, 0.05) is 23.6 Å². The van der Waals surface area contributed by atoms with Crippen molar-refractivity contribution in [2.75, 3.05) is 6.54 Å². The van der Waals surface area contributed by atoms with Crippen LogP contribution in [0.1, 0.15) is 41.7 Å². The summed E-state index contributed by atoms with van der Waals surface area (Å²) in [4.78, 5) is 11.1. The number of aromatic amines is 1. The van der Waals surface area contributed by atoms with Crippen molar-refractivity contribution >= 4 is 0 Å². The van der Waals surface area contributed by atoms with Gasteiger partial charge in [0.15, 0.2) is 0 Å². The number of hydrogen-bond donors (Lipinski definition) is 2. The molecule has 2 N–H and O–H groups in total. The summed E-state index contributed by atoms with van der Waals surface area (Å²) in [6.07, 6.45) is -3.45. The molecule has 0 amide bonds. The summed E-state index contributed by atoms with van der Waals surface area (Å²) in [5.41, 5.74) is -1.18. The van der Waals surface area contributed by atoms with Gasteiger partial charge in [-0.05, 0) is 31.5 Å². The van der Waals surface area contributed by atoms with Crippen LogP contribution >= 0.6 is 0 Å². The number of alkyl halides is 3. The standard InChI is InChI=1S/C15H14F4N2O2/c16-11-6-9(15(17,18)19)1-2-10(11)12-5-8(3-4-20-12)13-7-14(22)21-23-13/h1-2,6-8,12,20H,3-5H2,(H,21,22)/t8-,12-/m1/s1. The smallest absolute Gasteiger partial charge is 0.383 e. The summed E-state index contributed by atoms with van der Waals surface area (Å²) in [7, 11) is 0. The molecular weight excluding hydrogens is 316 g/mol. The minimum Gasteiger partial charge on any atom is -0.383 e. The molecule has 124 valence electrons. The lowest BCUT2D eigenvalue weighted by Crippen LogP contribution is -2.31. The molecule has 2 atom stereocenters. The van der Waals surface area contributed by atoms with Crippen molar-refractivity contribution in [3.8, 4) is 0 Å². The number of halogens is 4. The molecule has 1 aliphatic heterocycles. The zero-order valence-corrected chi connectivity index (χ0v) is 11.9. The highest BCUT2D eigenvalue weighted by atomic mass is 19.4. The van der Waals surface area contributed by atoms with E-state index in [-0.39, 0.29) is 17.0 Å². The van der Waals surface area contributed by atoms with Crippen molar-refractivity contribution in [3.63, 3.8) is 0 Å². The van der Waals surface area contributed by atoms with E-state index in [4.69, 9.17) is 4.52 Å². The summed E-state index contributed by atoms with van der Waals surface area (Å²) in [5.74, 6) is -0.510. The van der Waals surface area contributed by atoms with Gasteiger partial charge in [0.1, 0.15) is 11.6 Å². The molecule has 0 radical (unpaired) electrons. The summed E-state index contributed by atoms with van der Waals surface area (Å²) < 4.78 is 57.0. The number of piperidine rings is 1. The van der Waals surface area contributed by atoms with Crippen LogP contribution in [0.2, 0.25) is 0 Å². The zero-order valence-electron chi connectivity index (χ0n) is 11.9. The van der Waals surface area contributed by atoms with E-state index in [0.717, 1.165) is 12.1 Å². The highest BCUT2D eigenvalue weighted by Gasteiger charge is 2.33. The van der Waals surface area contributed by atoms with E-state index in [0.29, 0.717) is 31.2 Å². The Bertz CT molecular complexity index is 750. The van der Waals surface area contributed by atoms with Gasteiger partial charge in [-0.3, -0.25) is 4.79 Å². The Morgan fingerprint density at radius 1 is 1.22 bits per heavy atom. The maximum atomic E-state index is 14.1.